The van der Waals surface area contributed by atoms with Crippen LogP contribution in [0, 0.1) is 19.8 Å². The highest BCUT2D eigenvalue weighted by atomic mass is 32.1. The third-order valence-corrected chi connectivity index (χ3v) is 2.84. The first kappa shape index (κ1) is 13.6. The van der Waals surface area contributed by atoms with E-state index in [1.807, 2.05) is 20.8 Å². The molecule has 0 radical (unpaired) electrons. The number of thiocarbonyl (C=S) groups is 1. The fourth-order valence-electron chi connectivity index (χ4n) is 1.42. The molecule has 17 heavy (non-hydrogen) atoms. The minimum absolute atomic E-state index is 0.187. The van der Waals surface area contributed by atoms with E-state index in [1.54, 1.807) is 0 Å². The Labute approximate surface area is 106 Å². The molecule has 6 heteroatoms. The predicted octanol–water partition coefficient (Wildman–Crippen LogP) is 1.22. The topological polar surface area (TPSA) is 81.2 Å². The van der Waals surface area contributed by atoms with E-state index < -0.39 is 5.92 Å². The summed E-state index contributed by atoms with van der Waals surface area (Å²) < 4.78 is 5.35. The average molecular weight is 255 g/mol. The molecule has 0 saturated heterocycles. The summed E-state index contributed by atoms with van der Waals surface area (Å²) >= 11 is 4.83. The number of aryl methyl sites for hydroxylation is 2. The zero-order chi connectivity index (χ0) is 13.0. The van der Waals surface area contributed by atoms with Gasteiger partial charge in [-0.1, -0.05) is 19.1 Å². The molecule has 1 unspecified atom stereocenters. The summed E-state index contributed by atoms with van der Waals surface area (Å²) in [6.07, 6.45) is 0.588. The minimum Gasteiger partial charge on any atom is -0.444 e. The van der Waals surface area contributed by atoms with E-state index in [1.165, 1.54) is 0 Å². The number of oxazole rings is 1. The van der Waals surface area contributed by atoms with Crippen LogP contribution in [-0.4, -0.2) is 15.9 Å². The maximum Gasteiger partial charge on any atom is 0.230 e. The Bertz CT molecular complexity index is 409. The third-order valence-electron chi connectivity index (χ3n) is 2.55. The number of carbonyl (C=O) groups is 1. The molecule has 1 aromatic rings. The fraction of sp³-hybridized carbons (Fsp3) is 0.545. The van der Waals surface area contributed by atoms with Gasteiger partial charge in [-0.15, -0.1) is 0 Å². The SMILES string of the molecule is CCC(C(=O)NCc1nc(C)c(C)o1)C(N)=S. The van der Waals surface area contributed by atoms with Gasteiger partial charge >= 0.3 is 0 Å². The summed E-state index contributed by atoms with van der Waals surface area (Å²) in [5.41, 5.74) is 6.31. The Morgan fingerprint density at radius 3 is 2.65 bits per heavy atom. The number of nitrogens with one attached hydrogen (secondary N) is 1. The Balaban J connectivity index is 2.56. The Kier molecular flexibility index (Phi) is 4.62. The van der Waals surface area contributed by atoms with Crippen LogP contribution in [-0.2, 0) is 11.3 Å². The summed E-state index contributed by atoms with van der Waals surface area (Å²) in [7, 11) is 0. The van der Waals surface area contributed by atoms with Gasteiger partial charge < -0.3 is 15.5 Å². The quantitative estimate of drug-likeness (QED) is 0.773. The van der Waals surface area contributed by atoms with Crippen LogP contribution in [0.3, 0.4) is 0 Å². The molecule has 0 spiro atoms. The van der Waals surface area contributed by atoms with Gasteiger partial charge in [-0.2, -0.15) is 0 Å². The van der Waals surface area contributed by atoms with Crippen molar-refractivity contribution >= 4 is 23.1 Å². The zero-order valence-electron chi connectivity index (χ0n) is 10.2. The van der Waals surface area contributed by atoms with Crippen LogP contribution in [0.2, 0.25) is 0 Å². The molecule has 0 aromatic carbocycles. The lowest BCUT2D eigenvalue weighted by Crippen LogP contribution is -2.37. The summed E-state index contributed by atoms with van der Waals surface area (Å²) in [5, 5.41) is 2.71. The van der Waals surface area contributed by atoms with Gasteiger partial charge in [-0.25, -0.2) is 4.98 Å². The Morgan fingerprint density at radius 2 is 2.24 bits per heavy atom. The van der Waals surface area contributed by atoms with Crippen molar-refractivity contribution in [3.63, 3.8) is 0 Å². The number of amides is 1. The van der Waals surface area contributed by atoms with Crippen molar-refractivity contribution in [3.05, 3.63) is 17.3 Å². The first-order valence-corrected chi connectivity index (χ1v) is 5.86. The maximum absolute atomic E-state index is 11.7. The molecule has 0 aliphatic carbocycles. The molecule has 0 fully saturated rings. The number of nitrogens with zero attached hydrogens (tertiary/aromatic N) is 1. The van der Waals surface area contributed by atoms with Gasteiger partial charge in [0, 0.05) is 0 Å². The fourth-order valence-corrected chi connectivity index (χ4v) is 1.69. The molecule has 1 aromatic heterocycles. The highest BCUT2D eigenvalue weighted by Crippen LogP contribution is 2.08. The first-order chi connectivity index (χ1) is 7.95. The molecular formula is C11H17N3O2S. The highest BCUT2D eigenvalue weighted by Gasteiger charge is 2.19. The van der Waals surface area contributed by atoms with Crippen molar-refractivity contribution in [1.82, 2.24) is 10.3 Å². The van der Waals surface area contributed by atoms with Crippen molar-refractivity contribution in [2.75, 3.05) is 0 Å². The van der Waals surface area contributed by atoms with Gasteiger partial charge in [0.15, 0.2) is 0 Å². The molecule has 1 heterocycles. The number of nitrogens with two attached hydrogens (primary N) is 1. The van der Waals surface area contributed by atoms with E-state index in [2.05, 4.69) is 10.3 Å². The van der Waals surface area contributed by atoms with Crippen molar-refractivity contribution in [3.8, 4) is 0 Å². The molecular weight excluding hydrogens is 238 g/mol. The van der Waals surface area contributed by atoms with E-state index >= 15 is 0 Å². The van der Waals surface area contributed by atoms with Crippen LogP contribution >= 0.6 is 12.2 Å². The van der Waals surface area contributed by atoms with Crippen molar-refractivity contribution < 1.29 is 9.21 Å². The molecule has 94 valence electrons. The predicted molar refractivity (Wildman–Crippen MR) is 68.4 cm³/mol. The number of aromatic nitrogens is 1. The van der Waals surface area contributed by atoms with Crippen LogP contribution in [0.15, 0.2) is 4.42 Å². The van der Waals surface area contributed by atoms with Gasteiger partial charge in [-0.3, -0.25) is 4.79 Å². The van der Waals surface area contributed by atoms with E-state index in [4.69, 9.17) is 22.4 Å². The zero-order valence-corrected chi connectivity index (χ0v) is 11.1. The summed E-state index contributed by atoms with van der Waals surface area (Å²) in [4.78, 5) is 16.1. The molecule has 0 saturated carbocycles. The van der Waals surface area contributed by atoms with Gasteiger partial charge in [0.1, 0.15) is 5.76 Å². The average Bonchev–Trinajstić information content (AvgIpc) is 2.56. The Hall–Kier alpha value is -1.43. The van der Waals surface area contributed by atoms with E-state index in [0.717, 1.165) is 11.5 Å². The lowest BCUT2D eigenvalue weighted by molar-refractivity contribution is -0.123. The summed E-state index contributed by atoms with van der Waals surface area (Å²) in [6, 6.07) is 0. The molecule has 0 bridgehead atoms. The van der Waals surface area contributed by atoms with Crippen LogP contribution in [0.25, 0.3) is 0 Å². The molecule has 1 amide bonds. The standard InChI is InChI=1S/C11H17N3O2S/c1-4-8(10(12)17)11(15)13-5-9-14-6(2)7(3)16-9/h8H,4-5H2,1-3H3,(H2,12,17)(H,13,15). The lowest BCUT2D eigenvalue weighted by Gasteiger charge is -2.12. The van der Waals surface area contributed by atoms with E-state index in [9.17, 15) is 4.79 Å². The molecule has 1 atom stereocenters. The van der Waals surface area contributed by atoms with Crippen LogP contribution in [0.1, 0.15) is 30.7 Å². The summed E-state index contributed by atoms with van der Waals surface area (Å²) in [5.74, 6) is 0.637. The minimum atomic E-state index is -0.429. The number of rotatable bonds is 5. The normalized spacial score (nSPS) is 12.2. The molecule has 0 aliphatic heterocycles. The number of carbonyl (C=O) groups excluding carboxylic acids is 1. The van der Waals surface area contributed by atoms with Gasteiger partial charge in [0.05, 0.1) is 23.1 Å². The van der Waals surface area contributed by atoms with Gasteiger partial charge in [-0.05, 0) is 20.3 Å². The second-order valence-corrected chi connectivity index (χ2v) is 4.30. The Morgan fingerprint density at radius 1 is 1.59 bits per heavy atom. The molecule has 0 aliphatic rings. The van der Waals surface area contributed by atoms with Crippen molar-refractivity contribution in [2.24, 2.45) is 11.7 Å². The molecule has 5 nitrogen and oxygen atoms in total. The van der Waals surface area contributed by atoms with Crippen LogP contribution in [0.5, 0.6) is 0 Å². The van der Waals surface area contributed by atoms with Crippen LogP contribution < -0.4 is 11.1 Å². The highest BCUT2D eigenvalue weighted by molar-refractivity contribution is 7.80. The lowest BCUT2D eigenvalue weighted by atomic mass is 10.1. The van der Waals surface area contributed by atoms with E-state index in [-0.39, 0.29) is 17.4 Å². The largest absolute Gasteiger partial charge is 0.444 e. The maximum atomic E-state index is 11.7. The monoisotopic (exact) mass is 255 g/mol. The third kappa shape index (κ3) is 3.52. The summed E-state index contributed by atoms with van der Waals surface area (Å²) in [6.45, 7) is 5.81. The number of hydrogen-bond donors (Lipinski definition) is 2. The first-order valence-electron chi connectivity index (χ1n) is 5.45. The second kappa shape index (κ2) is 5.77. The second-order valence-electron chi connectivity index (χ2n) is 3.83. The van der Waals surface area contributed by atoms with Gasteiger partial charge in [0.2, 0.25) is 11.8 Å². The van der Waals surface area contributed by atoms with Crippen molar-refractivity contribution in [2.45, 2.75) is 33.7 Å². The molecule has 3 N–H and O–H groups in total. The number of hydrogen-bond acceptors (Lipinski definition) is 4. The smallest absolute Gasteiger partial charge is 0.230 e. The molecule has 1 rings (SSSR count). The van der Waals surface area contributed by atoms with Gasteiger partial charge in [0.25, 0.3) is 0 Å². The van der Waals surface area contributed by atoms with Crippen LogP contribution in [0.4, 0.5) is 0 Å². The van der Waals surface area contributed by atoms with E-state index in [0.29, 0.717) is 12.3 Å². The van der Waals surface area contributed by atoms with Crippen molar-refractivity contribution in [1.29, 1.82) is 0 Å².